The molecule has 1 unspecified atom stereocenters. The Morgan fingerprint density at radius 1 is 1.09 bits per heavy atom. The molecule has 1 atom stereocenters. The predicted molar refractivity (Wildman–Crippen MR) is 123 cm³/mol. The lowest BCUT2D eigenvalue weighted by Gasteiger charge is -2.14. The van der Waals surface area contributed by atoms with Crippen LogP contribution in [0.3, 0.4) is 0 Å². The molecule has 1 aromatic carbocycles. The van der Waals surface area contributed by atoms with E-state index in [0.717, 1.165) is 37.4 Å². The van der Waals surface area contributed by atoms with Crippen molar-refractivity contribution < 1.29 is 33.3 Å². The van der Waals surface area contributed by atoms with Crippen molar-refractivity contribution in [3.63, 3.8) is 0 Å². The Kier molecular flexibility index (Phi) is 8.16. The van der Waals surface area contributed by atoms with Crippen molar-refractivity contribution in [1.82, 2.24) is 4.57 Å². The summed E-state index contributed by atoms with van der Waals surface area (Å²) >= 11 is 0. The number of methoxy groups -OCH3 is 3. The van der Waals surface area contributed by atoms with Crippen LogP contribution in [0.4, 0.5) is 0 Å². The van der Waals surface area contributed by atoms with Gasteiger partial charge in [0.05, 0.1) is 27.4 Å². The fourth-order valence-electron chi connectivity index (χ4n) is 3.98. The maximum absolute atomic E-state index is 12.7. The minimum absolute atomic E-state index is 0.177. The van der Waals surface area contributed by atoms with Crippen molar-refractivity contribution in [1.29, 1.82) is 0 Å². The van der Waals surface area contributed by atoms with Crippen LogP contribution in [0, 0.1) is 13.8 Å². The van der Waals surface area contributed by atoms with Crippen LogP contribution in [0.2, 0.25) is 0 Å². The summed E-state index contributed by atoms with van der Waals surface area (Å²) in [6, 6.07) is 5.25. The van der Waals surface area contributed by atoms with Crippen LogP contribution >= 0.6 is 0 Å². The minimum atomic E-state index is -0.620. The highest BCUT2D eigenvalue weighted by Crippen LogP contribution is 2.38. The number of aryl methyl sites for hydroxylation is 1. The third-order valence-electron chi connectivity index (χ3n) is 5.73. The standard InChI is InChI=1S/C25H31NO7/c1-16-11-20(17(2)26(16)14-19-7-6-10-32-19)21(27)15-33-24(28)9-8-18-12-22(29-3)25(31-5)23(13-18)30-4/h8-9,11-13,19H,6-7,10,14-15H2,1-5H3. The SMILES string of the molecule is COc1cc(C=CC(=O)OCC(=O)c2cc(C)n(CC3CCCO3)c2C)cc(OC)c1OC. The van der Waals surface area contributed by atoms with Gasteiger partial charge in [-0.1, -0.05) is 0 Å². The number of benzene rings is 1. The molecule has 1 aliphatic rings. The van der Waals surface area contributed by atoms with Crippen LogP contribution in [-0.2, 0) is 20.8 Å². The van der Waals surface area contributed by atoms with Crippen LogP contribution in [0.15, 0.2) is 24.3 Å². The number of hydrogen-bond donors (Lipinski definition) is 0. The molecular formula is C25H31NO7. The van der Waals surface area contributed by atoms with Crippen LogP contribution in [0.1, 0.15) is 40.2 Å². The van der Waals surface area contributed by atoms with Crippen molar-refractivity contribution in [3.8, 4) is 17.2 Å². The topological polar surface area (TPSA) is 85.2 Å². The average Bonchev–Trinajstić information content (AvgIpc) is 3.44. The summed E-state index contributed by atoms with van der Waals surface area (Å²) in [6.07, 6.45) is 5.08. The van der Waals surface area contributed by atoms with E-state index in [0.29, 0.717) is 28.4 Å². The normalized spacial score (nSPS) is 15.6. The maximum Gasteiger partial charge on any atom is 0.331 e. The van der Waals surface area contributed by atoms with E-state index in [1.165, 1.54) is 27.4 Å². The monoisotopic (exact) mass is 457 g/mol. The third-order valence-corrected chi connectivity index (χ3v) is 5.73. The molecule has 0 N–H and O–H groups in total. The van der Waals surface area contributed by atoms with Crippen molar-refractivity contribution in [2.75, 3.05) is 34.5 Å². The van der Waals surface area contributed by atoms with Crippen LogP contribution in [-0.4, -0.2) is 57.0 Å². The van der Waals surface area contributed by atoms with E-state index in [2.05, 4.69) is 4.57 Å². The lowest BCUT2D eigenvalue weighted by Crippen LogP contribution is -2.18. The summed E-state index contributed by atoms with van der Waals surface area (Å²) in [4.78, 5) is 24.9. The molecule has 178 valence electrons. The van der Waals surface area contributed by atoms with Crippen LogP contribution in [0.5, 0.6) is 17.2 Å². The average molecular weight is 458 g/mol. The summed E-state index contributed by atoms with van der Waals surface area (Å²) < 4.78 is 28.9. The van der Waals surface area contributed by atoms with Gasteiger partial charge in [-0.3, -0.25) is 4.79 Å². The molecule has 0 bridgehead atoms. The number of hydrogen-bond acceptors (Lipinski definition) is 7. The van der Waals surface area contributed by atoms with Gasteiger partial charge in [0.1, 0.15) is 0 Å². The van der Waals surface area contributed by atoms with Gasteiger partial charge in [-0.15, -0.1) is 0 Å². The van der Waals surface area contributed by atoms with E-state index in [-0.39, 0.29) is 18.5 Å². The molecule has 33 heavy (non-hydrogen) atoms. The highest BCUT2D eigenvalue weighted by molar-refractivity contribution is 6.00. The van der Waals surface area contributed by atoms with E-state index in [4.69, 9.17) is 23.7 Å². The summed E-state index contributed by atoms with van der Waals surface area (Å²) in [5.74, 6) is 0.542. The van der Waals surface area contributed by atoms with Gasteiger partial charge in [0.2, 0.25) is 11.5 Å². The molecule has 1 aliphatic heterocycles. The Bertz CT molecular complexity index is 1010. The van der Waals surface area contributed by atoms with E-state index >= 15 is 0 Å². The first-order chi connectivity index (χ1) is 15.9. The number of ketones is 1. The Hall–Kier alpha value is -3.26. The van der Waals surface area contributed by atoms with E-state index < -0.39 is 5.97 Å². The predicted octanol–water partition coefficient (Wildman–Crippen LogP) is 3.75. The van der Waals surface area contributed by atoms with Gasteiger partial charge in [0.15, 0.2) is 18.1 Å². The fourth-order valence-corrected chi connectivity index (χ4v) is 3.98. The second kappa shape index (κ2) is 11.0. The van der Waals surface area contributed by atoms with E-state index in [1.54, 1.807) is 18.2 Å². The second-order valence-electron chi connectivity index (χ2n) is 7.85. The zero-order valence-corrected chi connectivity index (χ0v) is 19.8. The van der Waals surface area contributed by atoms with Gasteiger partial charge < -0.3 is 28.3 Å². The molecule has 1 aromatic heterocycles. The molecule has 0 amide bonds. The number of nitrogens with zero attached hydrogens (tertiary/aromatic N) is 1. The molecule has 8 heteroatoms. The zero-order valence-electron chi connectivity index (χ0n) is 19.8. The van der Waals surface area contributed by atoms with Gasteiger partial charge >= 0.3 is 5.97 Å². The van der Waals surface area contributed by atoms with Gasteiger partial charge in [-0.25, -0.2) is 4.79 Å². The molecule has 0 spiro atoms. The van der Waals surface area contributed by atoms with Crippen LogP contribution < -0.4 is 14.2 Å². The fraction of sp³-hybridized carbons (Fsp3) is 0.440. The van der Waals surface area contributed by atoms with Crippen molar-refractivity contribution in [2.45, 2.75) is 39.3 Å². The number of rotatable bonds is 10. The molecule has 8 nitrogen and oxygen atoms in total. The first-order valence-electron chi connectivity index (χ1n) is 10.8. The maximum atomic E-state index is 12.7. The molecular weight excluding hydrogens is 426 g/mol. The number of carbonyl (C=O) groups excluding carboxylic acids is 2. The summed E-state index contributed by atoms with van der Waals surface area (Å²) in [7, 11) is 4.55. The molecule has 2 heterocycles. The third kappa shape index (κ3) is 5.76. The van der Waals surface area contributed by atoms with Crippen molar-refractivity contribution >= 4 is 17.8 Å². The zero-order chi connectivity index (χ0) is 24.0. The quantitative estimate of drug-likeness (QED) is 0.305. The van der Waals surface area contributed by atoms with E-state index in [1.807, 2.05) is 19.9 Å². The number of carbonyl (C=O) groups is 2. The van der Waals surface area contributed by atoms with Crippen molar-refractivity contribution in [2.24, 2.45) is 0 Å². The van der Waals surface area contributed by atoms with Gasteiger partial charge in [-0.05, 0) is 56.5 Å². The molecule has 1 saturated heterocycles. The minimum Gasteiger partial charge on any atom is -0.493 e. The molecule has 3 rings (SSSR count). The molecule has 0 aliphatic carbocycles. The largest absolute Gasteiger partial charge is 0.493 e. The van der Waals surface area contributed by atoms with Gasteiger partial charge in [0, 0.05) is 36.2 Å². The Labute approximate surface area is 194 Å². The Balaban J connectivity index is 1.62. The number of Topliss-reactive ketones (excluding diaryl/α,β-unsaturated/α-hetero) is 1. The summed E-state index contributed by atoms with van der Waals surface area (Å²) in [6.45, 7) is 5.05. The number of ether oxygens (including phenoxy) is 5. The van der Waals surface area contributed by atoms with Gasteiger partial charge in [-0.2, -0.15) is 0 Å². The summed E-state index contributed by atoms with van der Waals surface area (Å²) in [5.41, 5.74) is 3.06. The molecule has 2 aromatic rings. The van der Waals surface area contributed by atoms with Crippen molar-refractivity contribution in [3.05, 3.63) is 46.8 Å². The molecule has 1 fully saturated rings. The smallest absolute Gasteiger partial charge is 0.331 e. The Morgan fingerprint density at radius 2 is 1.79 bits per heavy atom. The highest BCUT2D eigenvalue weighted by atomic mass is 16.5. The lowest BCUT2D eigenvalue weighted by molar-refractivity contribution is -0.136. The number of esters is 1. The highest BCUT2D eigenvalue weighted by Gasteiger charge is 2.21. The first-order valence-corrected chi connectivity index (χ1v) is 10.8. The molecule has 0 saturated carbocycles. The van der Waals surface area contributed by atoms with Crippen LogP contribution in [0.25, 0.3) is 6.08 Å². The van der Waals surface area contributed by atoms with Gasteiger partial charge in [0.25, 0.3) is 0 Å². The van der Waals surface area contributed by atoms with E-state index in [9.17, 15) is 9.59 Å². The lowest BCUT2D eigenvalue weighted by atomic mass is 10.1. The first kappa shape index (κ1) is 24.4. The second-order valence-corrected chi connectivity index (χ2v) is 7.85. The summed E-state index contributed by atoms with van der Waals surface area (Å²) in [5, 5.41) is 0. The number of aromatic nitrogens is 1. The Morgan fingerprint density at radius 3 is 2.36 bits per heavy atom. The molecule has 0 radical (unpaired) electrons.